The summed E-state index contributed by atoms with van der Waals surface area (Å²) in [6.07, 6.45) is 1.45. The summed E-state index contributed by atoms with van der Waals surface area (Å²) in [5.41, 5.74) is -0.114. The highest BCUT2D eigenvalue weighted by molar-refractivity contribution is 7.90. The minimum Gasteiger partial charge on any atom is -0.493 e. The smallest absolute Gasteiger partial charge is 0.273 e. The van der Waals surface area contributed by atoms with Gasteiger partial charge in [0.05, 0.1) is 23.9 Å². The Morgan fingerprint density at radius 1 is 1.43 bits per heavy atom. The third kappa shape index (κ3) is 4.80. The first-order valence-electron chi connectivity index (χ1n) is 7.17. The number of methoxy groups -OCH3 is 1. The Balaban J connectivity index is 2.26. The first kappa shape index (κ1) is 17.5. The molecule has 9 heteroatoms. The monoisotopic (exact) mass is 344 g/mol. The van der Waals surface area contributed by atoms with Crippen molar-refractivity contribution in [3.63, 3.8) is 0 Å². The molecule has 0 spiro atoms. The minimum absolute atomic E-state index is 0.0598. The van der Waals surface area contributed by atoms with E-state index in [4.69, 9.17) is 9.47 Å². The first-order valence-corrected chi connectivity index (χ1v) is 9.23. The summed E-state index contributed by atoms with van der Waals surface area (Å²) in [6, 6.07) is 4.01. The molecule has 0 radical (unpaired) electrons. The fourth-order valence-corrected chi connectivity index (χ4v) is 3.53. The van der Waals surface area contributed by atoms with E-state index in [0.29, 0.717) is 12.3 Å². The Labute approximate surface area is 134 Å². The standard InChI is InChI=1S/C14H20N2O6S/c1-21-13-7-11(16(17)18)3-4-12(13)22-14(9-23(2,19)20)10-5-6-15-8-10/h3-4,7,10,14-15H,5-6,8-9H2,1-2H3/t10?,14-/m0/s1. The zero-order chi connectivity index (χ0) is 17.0. The maximum absolute atomic E-state index is 11.7. The van der Waals surface area contributed by atoms with Gasteiger partial charge in [-0.3, -0.25) is 10.1 Å². The Morgan fingerprint density at radius 2 is 2.17 bits per heavy atom. The van der Waals surface area contributed by atoms with Gasteiger partial charge in [-0.25, -0.2) is 8.42 Å². The maximum Gasteiger partial charge on any atom is 0.273 e. The molecule has 0 aliphatic carbocycles. The molecule has 23 heavy (non-hydrogen) atoms. The molecule has 128 valence electrons. The van der Waals surface area contributed by atoms with Crippen LogP contribution >= 0.6 is 0 Å². The van der Waals surface area contributed by atoms with Crippen molar-refractivity contribution < 1.29 is 22.8 Å². The summed E-state index contributed by atoms with van der Waals surface area (Å²) < 4.78 is 34.3. The van der Waals surface area contributed by atoms with Gasteiger partial charge in [0.15, 0.2) is 21.3 Å². The van der Waals surface area contributed by atoms with Crippen LogP contribution in [0.5, 0.6) is 11.5 Å². The third-order valence-corrected chi connectivity index (χ3v) is 4.66. The highest BCUT2D eigenvalue weighted by Gasteiger charge is 2.30. The molecule has 1 fully saturated rings. The zero-order valence-corrected chi connectivity index (χ0v) is 13.8. The van der Waals surface area contributed by atoms with Crippen molar-refractivity contribution in [2.75, 3.05) is 32.2 Å². The van der Waals surface area contributed by atoms with Crippen LogP contribution in [0.2, 0.25) is 0 Å². The molecule has 8 nitrogen and oxygen atoms in total. The average molecular weight is 344 g/mol. The van der Waals surface area contributed by atoms with E-state index in [1.54, 1.807) is 0 Å². The van der Waals surface area contributed by atoms with Crippen molar-refractivity contribution in [3.8, 4) is 11.5 Å². The first-order chi connectivity index (χ1) is 10.8. The lowest BCUT2D eigenvalue weighted by molar-refractivity contribution is -0.385. The molecular formula is C14H20N2O6S. The molecule has 1 aliphatic rings. The molecule has 0 saturated carbocycles. The van der Waals surface area contributed by atoms with Gasteiger partial charge in [0, 0.05) is 24.8 Å². The highest BCUT2D eigenvalue weighted by Crippen LogP contribution is 2.33. The second kappa shape index (κ2) is 7.14. The lowest BCUT2D eigenvalue weighted by atomic mass is 10.0. The number of nitrogens with zero attached hydrogens (tertiary/aromatic N) is 1. The predicted molar refractivity (Wildman–Crippen MR) is 84.8 cm³/mol. The van der Waals surface area contributed by atoms with Crippen LogP contribution in [0, 0.1) is 16.0 Å². The van der Waals surface area contributed by atoms with Gasteiger partial charge in [-0.1, -0.05) is 0 Å². The van der Waals surface area contributed by atoms with Crippen LogP contribution in [0.25, 0.3) is 0 Å². The second-order valence-corrected chi connectivity index (χ2v) is 7.78. The van der Waals surface area contributed by atoms with Crippen molar-refractivity contribution in [2.45, 2.75) is 12.5 Å². The largest absolute Gasteiger partial charge is 0.493 e. The number of non-ortho nitro benzene ring substituents is 1. The maximum atomic E-state index is 11.7. The van der Waals surface area contributed by atoms with Crippen molar-refractivity contribution in [2.24, 2.45) is 5.92 Å². The van der Waals surface area contributed by atoms with Crippen molar-refractivity contribution in [3.05, 3.63) is 28.3 Å². The van der Waals surface area contributed by atoms with Crippen LogP contribution in [0.15, 0.2) is 18.2 Å². The van der Waals surface area contributed by atoms with Gasteiger partial charge in [-0.2, -0.15) is 0 Å². The minimum atomic E-state index is -3.22. The van der Waals surface area contributed by atoms with Crippen LogP contribution < -0.4 is 14.8 Å². The number of sulfone groups is 1. The molecule has 1 unspecified atom stereocenters. The van der Waals surface area contributed by atoms with Crippen molar-refractivity contribution in [1.82, 2.24) is 5.32 Å². The number of ether oxygens (including phenoxy) is 2. The molecule has 0 bridgehead atoms. The van der Waals surface area contributed by atoms with Gasteiger partial charge in [-0.05, 0) is 19.0 Å². The van der Waals surface area contributed by atoms with E-state index in [1.165, 1.54) is 31.6 Å². The fraction of sp³-hybridized carbons (Fsp3) is 0.571. The molecule has 1 aliphatic heterocycles. The van der Waals surface area contributed by atoms with Crippen LogP contribution in [0.4, 0.5) is 5.69 Å². The quantitative estimate of drug-likeness (QED) is 0.581. The average Bonchev–Trinajstić information content (AvgIpc) is 2.99. The molecule has 0 aromatic heterocycles. The van der Waals surface area contributed by atoms with E-state index in [-0.39, 0.29) is 23.1 Å². The predicted octanol–water partition coefficient (Wildman–Crippen LogP) is 1.00. The van der Waals surface area contributed by atoms with E-state index in [2.05, 4.69) is 5.32 Å². The normalized spacial score (nSPS) is 19.3. The second-order valence-electron chi connectivity index (χ2n) is 5.59. The summed E-state index contributed by atoms with van der Waals surface area (Å²) in [6.45, 7) is 1.49. The fourth-order valence-electron chi connectivity index (χ4n) is 2.59. The van der Waals surface area contributed by atoms with Crippen LogP contribution in [-0.2, 0) is 9.84 Å². The van der Waals surface area contributed by atoms with Crippen LogP contribution in [-0.4, -0.2) is 51.7 Å². The molecule has 1 heterocycles. The van der Waals surface area contributed by atoms with Gasteiger partial charge >= 0.3 is 0 Å². The Hall–Kier alpha value is -1.87. The number of benzene rings is 1. The number of hydrogen-bond acceptors (Lipinski definition) is 7. The Morgan fingerprint density at radius 3 is 2.70 bits per heavy atom. The van der Waals surface area contributed by atoms with Gasteiger partial charge in [0.2, 0.25) is 0 Å². The van der Waals surface area contributed by atoms with E-state index in [1.807, 2.05) is 0 Å². The number of nitrogens with one attached hydrogen (secondary N) is 1. The lowest BCUT2D eigenvalue weighted by Gasteiger charge is -2.24. The number of nitro groups is 1. The van der Waals surface area contributed by atoms with E-state index < -0.39 is 20.9 Å². The molecule has 1 saturated heterocycles. The molecule has 2 atom stereocenters. The van der Waals surface area contributed by atoms with Crippen LogP contribution in [0.3, 0.4) is 0 Å². The molecule has 1 N–H and O–H groups in total. The Bertz CT molecular complexity index is 670. The van der Waals surface area contributed by atoms with Gasteiger partial charge in [-0.15, -0.1) is 0 Å². The number of hydrogen-bond donors (Lipinski definition) is 1. The van der Waals surface area contributed by atoms with Crippen molar-refractivity contribution in [1.29, 1.82) is 0 Å². The molecule has 0 amide bonds. The lowest BCUT2D eigenvalue weighted by Crippen LogP contribution is -2.35. The van der Waals surface area contributed by atoms with Crippen molar-refractivity contribution >= 4 is 15.5 Å². The third-order valence-electron chi connectivity index (χ3n) is 3.73. The summed E-state index contributed by atoms with van der Waals surface area (Å²) in [5.74, 6) is 0.464. The number of rotatable bonds is 7. The number of nitro benzene ring substituents is 1. The summed E-state index contributed by atoms with van der Waals surface area (Å²) in [7, 11) is -1.84. The highest BCUT2D eigenvalue weighted by atomic mass is 32.2. The molecule has 2 rings (SSSR count). The van der Waals surface area contributed by atoms with E-state index in [0.717, 1.165) is 13.0 Å². The summed E-state index contributed by atoms with van der Waals surface area (Å²) in [4.78, 5) is 10.3. The molecule has 1 aromatic carbocycles. The summed E-state index contributed by atoms with van der Waals surface area (Å²) in [5, 5.41) is 14.0. The van der Waals surface area contributed by atoms with Gasteiger partial charge in [0.25, 0.3) is 5.69 Å². The van der Waals surface area contributed by atoms with Crippen LogP contribution in [0.1, 0.15) is 6.42 Å². The van der Waals surface area contributed by atoms with E-state index in [9.17, 15) is 18.5 Å². The van der Waals surface area contributed by atoms with Gasteiger partial charge in [0.1, 0.15) is 6.10 Å². The molecular weight excluding hydrogens is 324 g/mol. The topological polar surface area (TPSA) is 108 Å². The van der Waals surface area contributed by atoms with E-state index >= 15 is 0 Å². The Kier molecular flexibility index (Phi) is 5.42. The SMILES string of the molecule is COc1cc([N+](=O)[O-])ccc1O[C@@H](CS(C)(=O)=O)C1CCNC1. The zero-order valence-electron chi connectivity index (χ0n) is 13.0. The summed E-state index contributed by atoms with van der Waals surface area (Å²) >= 11 is 0. The van der Waals surface area contributed by atoms with Gasteiger partial charge < -0.3 is 14.8 Å². The molecule has 1 aromatic rings.